The number of hydrogen-bond donors (Lipinski definition) is 1. The quantitative estimate of drug-likeness (QED) is 0.447. The van der Waals surface area contributed by atoms with Crippen LogP contribution in [0.4, 0.5) is 10.1 Å². The van der Waals surface area contributed by atoms with Crippen molar-refractivity contribution in [1.29, 1.82) is 0 Å². The van der Waals surface area contributed by atoms with Crippen LogP contribution in [0, 0.1) is 19.7 Å². The van der Waals surface area contributed by atoms with E-state index in [1.165, 1.54) is 30.1 Å². The second-order valence-electron chi connectivity index (χ2n) is 7.61. The fourth-order valence-corrected chi connectivity index (χ4v) is 4.02. The van der Waals surface area contributed by atoms with Crippen LogP contribution in [0.25, 0.3) is 16.7 Å². The fraction of sp³-hybridized carbons (Fsp3) is 0.208. The molecule has 7 nitrogen and oxygen atoms in total. The summed E-state index contributed by atoms with van der Waals surface area (Å²) < 4.78 is 22.1. The van der Waals surface area contributed by atoms with Gasteiger partial charge in [0.2, 0.25) is 5.91 Å². The van der Waals surface area contributed by atoms with Crippen LogP contribution >= 0.6 is 11.6 Å². The number of ether oxygens (including phenoxy) is 1. The molecule has 0 bridgehead atoms. The molecule has 170 valence electrons. The average molecular weight is 469 g/mol. The predicted octanol–water partition coefficient (Wildman–Crippen LogP) is 4.63. The van der Waals surface area contributed by atoms with Gasteiger partial charge < -0.3 is 10.1 Å². The van der Waals surface area contributed by atoms with Crippen LogP contribution < -0.4 is 15.6 Å². The Bertz CT molecular complexity index is 1430. The maximum Gasteiger partial charge on any atom is 0.263 e. The molecule has 4 rings (SSSR count). The third-order valence-electron chi connectivity index (χ3n) is 5.56. The minimum Gasteiger partial charge on any atom is -0.495 e. The Labute approximate surface area is 194 Å². The molecule has 0 unspecified atom stereocenters. The van der Waals surface area contributed by atoms with E-state index in [1.807, 2.05) is 13.8 Å². The van der Waals surface area contributed by atoms with Crippen molar-refractivity contribution in [3.8, 4) is 11.4 Å². The van der Waals surface area contributed by atoms with E-state index < -0.39 is 0 Å². The number of carbonyl (C=O) groups is 1. The fourth-order valence-electron chi connectivity index (χ4n) is 3.77. The number of aromatic nitrogens is 3. The lowest BCUT2D eigenvalue weighted by molar-refractivity contribution is -0.116. The third-order valence-corrected chi connectivity index (χ3v) is 5.86. The summed E-state index contributed by atoms with van der Waals surface area (Å²) in [7, 11) is 1.51. The minimum absolute atomic E-state index is 0.0688. The lowest BCUT2D eigenvalue weighted by atomic mass is 10.2. The predicted molar refractivity (Wildman–Crippen MR) is 126 cm³/mol. The van der Waals surface area contributed by atoms with Crippen molar-refractivity contribution in [1.82, 2.24) is 14.1 Å². The van der Waals surface area contributed by atoms with Crippen molar-refractivity contribution in [3.63, 3.8) is 0 Å². The van der Waals surface area contributed by atoms with E-state index in [-0.39, 0.29) is 30.2 Å². The molecule has 0 fully saturated rings. The smallest absolute Gasteiger partial charge is 0.263 e. The molecule has 1 N–H and O–H groups in total. The van der Waals surface area contributed by atoms with E-state index in [1.54, 1.807) is 34.9 Å². The van der Waals surface area contributed by atoms with Crippen molar-refractivity contribution in [2.75, 3.05) is 12.4 Å². The first-order valence-corrected chi connectivity index (χ1v) is 10.6. The van der Waals surface area contributed by atoms with E-state index in [0.717, 1.165) is 11.3 Å². The van der Waals surface area contributed by atoms with Gasteiger partial charge in [0, 0.05) is 24.3 Å². The molecule has 4 aromatic rings. The number of amides is 1. The minimum atomic E-state index is -0.371. The molecule has 9 heteroatoms. The van der Waals surface area contributed by atoms with Crippen molar-refractivity contribution < 1.29 is 13.9 Å². The number of halogens is 2. The van der Waals surface area contributed by atoms with E-state index in [2.05, 4.69) is 10.3 Å². The first-order chi connectivity index (χ1) is 15.8. The number of carbonyl (C=O) groups excluding carboxylic acids is 1. The molecule has 0 spiro atoms. The van der Waals surface area contributed by atoms with E-state index in [9.17, 15) is 14.0 Å². The number of aryl methyl sites for hydroxylation is 2. The summed E-state index contributed by atoms with van der Waals surface area (Å²) in [5, 5.41) is 3.59. The molecule has 33 heavy (non-hydrogen) atoms. The summed E-state index contributed by atoms with van der Waals surface area (Å²) in [5.41, 5.74) is 2.88. The van der Waals surface area contributed by atoms with Gasteiger partial charge in [0.25, 0.3) is 5.56 Å². The number of rotatable bonds is 6. The van der Waals surface area contributed by atoms with Gasteiger partial charge >= 0.3 is 0 Å². The van der Waals surface area contributed by atoms with Crippen LogP contribution in [0.3, 0.4) is 0 Å². The number of fused-ring (bicyclic) bond motifs is 1. The summed E-state index contributed by atoms with van der Waals surface area (Å²) in [4.78, 5) is 30.0. The zero-order valence-corrected chi connectivity index (χ0v) is 19.1. The number of methoxy groups -OCH3 is 1. The molecular formula is C24H22ClFN4O3. The van der Waals surface area contributed by atoms with Crippen LogP contribution in [-0.2, 0) is 11.3 Å². The van der Waals surface area contributed by atoms with Gasteiger partial charge in [0.15, 0.2) is 5.65 Å². The van der Waals surface area contributed by atoms with Gasteiger partial charge in [0.05, 0.1) is 29.5 Å². The zero-order valence-electron chi connectivity index (χ0n) is 18.4. The number of benzene rings is 2. The first kappa shape index (κ1) is 22.5. The largest absolute Gasteiger partial charge is 0.495 e. The first-order valence-electron chi connectivity index (χ1n) is 10.3. The lowest BCUT2D eigenvalue weighted by Gasteiger charge is -2.10. The van der Waals surface area contributed by atoms with Crippen molar-refractivity contribution in [3.05, 3.63) is 81.2 Å². The van der Waals surface area contributed by atoms with Crippen molar-refractivity contribution in [2.45, 2.75) is 26.8 Å². The molecule has 0 saturated heterocycles. The van der Waals surface area contributed by atoms with Crippen LogP contribution in [0.1, 0.15) is 17.7 Å². The Kier molecular flexibility index (Phi) is 6.20. The van der Waals surface area contributed by atoms with Crippen LogP contribution in [0.2, 0.25) is 5.02 Å². The SMILES string of the molecule is COc1ccc(NC(=O)CCn2cnc3c(c(C)c(C)n3-c3cccc(F)c3)c2=O)cc1Cl. The van der Waals surface area contributed by atoms with E-state index >= 15 is 0 Å². The molecule has 0 aliphatic carbocycles. The molecule has 2 aromatic carbocycles. The molecule has 1 amide bonds. The summed E-state index contributed by atoms with van der Waals surface area (Å²) in [6.45, 7) is 3.85. The maximum absolute atomic E-state index is 13.8. The molecule has 0 radical (unpaired) electrons. The Morgan fingerprint density at radius 2 is 2.00 bits per heavy atom. The van der Waals surface area contributed by atoms with Gasteiger partial charge in [-0.3, -0.25) is 18.7 Å². The normalized spacial score (nSPS) is 11.1. The van der Waals surface area contributed by atoms with Gasteiger partial charge in [0.1, 0.15) is 11.6 Å². The average Bonchev–Trinajstić information content (AvgIpc) is 3.04. The molecule has 0 aliphatic rings. The van der Waals surface area contributed by atoms with Crippen LogP contribution in [0.5, 0.6) is 5.75 Å². The highest BCUT2D eigenvalue weighted by Crippen LogP contribution is 2.27. The topological polar surface area (TPSA) is 78.2 Å². The number of nitrogens with one attached hydrogen (secondary N) is 1. The third kappa shape index (κ3) is 4.34. The van der Waals surface area contributed by atoms with Gasteiger partial charge in [-0.1, -0.05) is 17.7 Å². The summed E-state index contributed by atoms with van der Waals surface area (Å²) in [6.07, 6.45) is 1.48. The van der Waals surface area contributed by atoms with Crippen LogP contribution in [-0.4, -0.2) is 27.1 Å². The van der Waals surface area contributed by atoms with E-state index in [0.29, 0.717) is 33.2 Å². The highest BCUT2D eigenvalue weighted by molar-refractivity contribution is 6.32. The molecule has 0 aliphatic heterocycles. The Hall–Kier alpha value is -3.65. The summed E-state index contributed by atoms with van der Waals surface area (Å²) in [6, 6.07) is 11.1. The molecule has 0 saturated carbocycles. The summed E-state index contributed by atoms with van der Waals surface area (Å²) in [5.74, 6) is -0.131. The molecule has 2 heterocycles. The summed E-state index contributed by atoms with van der Waals surface area (Å²) >= 11 is 6.09. The van der Waals surface area contributed by atoms with Gasteiger partial charge in [-0.05, 0) is 55.8 Å². The molecule has 2 aromatic heterocycles. The Morgan fingerprint density at radius 3 is 2.70 bits per heavy atom. The number of hydrogen-bond acceptors (Lipinski definition) is 4. The highest BCUT2D eigenvalue weighted by Gasteiger charge is 2.18. The van der Waals surface area contributed by atoms with Gasteiger partial charge in [-0.2, -0.15) is 0 Å². The Balaban J connectivity index is 1.58. The zero-order chi connectivity index (χ0) is 23.7. The second-order valence-corrected chi connectivity index (χ2v) is 8.02. The number of anilines is 1. The standard InChI is InChI=1S/C24H22ClFN4O3/c1-14-15(2)30(18-6-4-5-16(26)11-18)23-22(14)24(32)29(13-27-23)10-9-21(31)28-17-7-8-20(33-3)19(25)12-17/h4-8,11-13H,9-10H2,1-3H3,(H,28,31). The highest BCUT2D eigenvalue weighted by atomic mass is 35.5. The van der Waals surface area contributed by atoms with Gasteiger partial charge in [-0.25, -0.2) is 9.37 Å². The molecular weight excluding hydrogens is 447 g/mol. The van der Waals surface area contributed by atoms with Crippen LogP contribution in [0.15, 0.2) is 53.6 Å². The maximum atomic E-state index is 13.8. The lowest BCUT2D eigenvalue weighted by Crippen LogP contribution is -2.24. The second kappa shape index (κ2) is 9.07. The monoisotopic (exact) mass is 468 g/mol. The molecule has 0 atom stereocenters. The number of nitrogens with zero attached hydrogens (tertiary/aromatic N) is 3. The van der Waals surface area contributed by atoms with Crippen molar-refractivity contribution in [2.24, 2.45) is 0 Å². The van der Waals surface area contributed by atoms with E-state index in [4.69, 9.17) is 16.3 Å². The van der Waals surface area contributed by atoms with Crippen molar-refractivity contribution >= 4 is 34.2 Å². The van der Waals surface area contributed by atoms with Gasteiger partial charge in [-0.15, -0.1) is 0 Å². The Morgan fingerprint density at radius 1 is 1.21 bits per heavy atom.